The Hall–Kier alpha value is -3.56. The van der Waals surface area contributed by atoms with E-state index < -0.39 is 315 Å². The number of carbonyl (C=O) groups excluding carboxylic acids is 4. The Morgan fingerprint density at radius 3 is 1.09 bits per heavy atom. The molecule has 578 valence electrons. The molecular weight excluding hydrogens is 1370 g/mol. The normalized spacial score (nSPS) is 48.7. The quantitative estimate of drug-likeness (QED) is 0.0404. The van der Waals surface area contributed by atoms with Crippen molar-refractivity contribution in [1.29, 1.82) is 0 Å². The summed E-state index contributed by atoms with van der Waals surface area (Å²) in [6.45, 7) is -1.92. The standard InChI is InChI=1S/C56H94N4O40/c1-13-29(70)39(80)42(83)53(88-13)86-12-24-45(37(78)25(49(85)89-24)57-14(2)66)96-52-28(60-17(5)69)38(79)44(22(10-65)94-52)97-54-43(84)46(98-56-48(41(82)33(74)21(9-64)93-56)100-51-27(59-16(4)68)36(77)31(72)19(7-62)91-51)34(75)23(95-54)11-87-55-47(40(81)32(73)20(8-63)92-55)99-50-26(58-15(3)67)35(76)30(71)18(6-61)90-50/h13,18-56,61-65,70-85H,6-12H2,1-5H3,(H,57,66)(H,58,67)(H,59,68)(H,60,69)/t13-,18+,19-,20+,21-,22-,23+,24+,25+,26+,27-,28-,29+,30+,31-,32+,33-,34+,35+,36-,37+,38-,39+,40-,41+,42-,43-,44-,45+,46-,47-,48+,49+,50-,51+,52+,53+,54-,55-,56-/m0/s1. The van der Waals surface area contributed by atoms with Gasteiger partial charge in [-0.1, -0.05) is 0 Å². The van der Waals surface area contributed by atoms with E-state index in [1.807, 2.05) is 0 Å². The molecule has 0 bridgehead atoms. The summed E-state index contributed by atoms with van der Waals surface area (Å²) in [4.78, 5) is 50.2. The van der Waals surface area contributed by atoms with Gasteiger partial charge in [0.05, 0.1) is 52.4 Å². The van der Waals surface area contributed by atoms with E-state index in [9.17, 15) is 126 Å². The van der Waals surface area contributed by atoms with Gasteiger partial charge < -0.3 is 200 Å². The fourth-order valence-corrected chi connectivity index (χ4v) is 12.8. The number of rotatable bonds is 25. The van der Waals surface area contributed by atoms with Crippen molar-refractivity contribution in [1.82, 2.24) is 21.3 Å². The molecular formula is C56H94N4O40. The van der Waals surface area contributed by atoms with Gasteiger partial charge in [0.25, 0.3) is 0 Å². The molecule has 8 heterocycles. The molecule has 8 fully saturated rings. The zero-order chi connectivity index (χ0) is 73.8. The summed E-state index contributed by atoms with van der Waals surface area (Å²) in [6, 6.07) is -7.10. The van der Waals surface area contributed by atoms with Crippen LogP contribution in [0.1, 0.15) is 34.6 Å². The maximum Gasteiger partial charge on any atom is 0.217 e. The molecule has 0 radical (unpaired) electrons. The van der Waals surface area contributed by atoms with E-state index in [2.05, 4.69) is 21.3 Å². The van der Waals surface area contributed by atoms with Gasteiger partial charge in [0.2, 0.25) is 23.6 Å². The molecule has 8 saturated heterocycles. The van der Waals surface area contributed by atoms with Gasteiger partial charge in [0.1, 0.15) is 189 Å². The van der Waals surface area contributed by atoms with E-state index in [1.54, 1.807) is 0 Å². The van der Waals surface area contributed by atoms with E-state index >= 15 is 0 Å². The van der Waals surface area contributed by atoms with Crippen molar-refractivity contribution in [3.63, 3.8) is 0 Å². The Kier molecular flexibility index (Phi) is 29.3. The molecule has 8 rings (SSSR count). The Morgan fingerprint density at radius 1 is 0.280 bits per heavy atom. The number of amides is 4. The summed E-state index contributed by atoms with van der Waals surface area (Å²) in [7, 11) is 0. The zero-order valence-electron chi connectivity index (χ0n) is 54.2. The monoisotopic (exact) mass is 1460 g/mol. The first-order valence-electron chi connectivity index (χ1n) is 32.0. The van der Waals surface area contributed by atoms with E-state index in [0.29, 0.717) is 0 Å². The van der Waals surface area contributed by atoms with E-state index in [0.717, 1.165) is 27.7 Å². The van der Waals surface area contributed by atoms with Gasteiger partial charge >= 0.3 is 0 Å². The van der Waals surface area contributed by atoms with Crippen molar-refractivity contribution in [2.45, 2.75) is 280 Å². The first-order valence-corrected chi connectivity index (χ1v) is 32.0. The molecule has 0 aromatic rings. The Balaban J connectivity index is 1.14. The van der Waals surface area contributed by atoms with Crippen LogP contribution >= 0.6 is 0 Å². The lowest BCUT2D eigenvalue weighted by molar-refractivity contribution is -0.396. The van der Waals surface area contributed by atoms with Crippen molar-refractivity contribution in [2.75, 3.05) is 46.2 Å². The molecule has 0 aromatic heterocycles. The predicted octanol–water partition coefficient (Wildman–Crippen LogP) is -16.8. The number of aliphatic hydroxyl groups is 21. The number of hydrogen-bond donors (Lipinski definition) is 25. The molecule has 8 aliphatic rings. The van der Waals surface area contributed by atoms with Gasteiger partial charge in [-0.3, -0.25) is 19.2 Å². The van der Waals surface area contributed by atoms with Gasteiger partial charge in [-0.25, -0.2) is 0 Å². The second-order valence-electron chi connectivity index (χ2n) is 25.4. The van der Waals surface area contributed by atoms with Crippen molar-refractivity contribution in [3.05, 3.63) is 0 Å². The first kappa shape index (κ1) is 82.1. The Labute approximate surface area is 567 Å². The third-order valence-corrected chi connectivity index (χ3v) is 18.2. The summed E-state index contributed by atoms with van der Waals surface area (Å²) >= 11 is 0. The minimum absolute atomic E-state index is 0.809. The third-order valence-electron chi connectivity index (χ3n) is 18.2. The summed E-state index contributed by atoms with van der Waals surface area (Å²) in [5.74, 6) is -3.42. The highest BCUT2D eigenvalue weighted by atomic mass is 16.8. The van der Waals surface area contributed by atoms with Crippen LogP contribution in [0.25, 0.3) is 0 Å². The number of aliphatic hydroxyl groups excluding tert-OH is 21. The average Bonchev–Trinajstić information content (AvgIpc) is 0.772. The lowest BCUT2D eigenvalue weighted by atomic mass is 9.93. The van der Waals surface area contributed by atoms with Crippen LogP contribution in [0.15, 0.2) is 0 Å². The fraction of sp³-hybridized carbons (Fsp3) is 0.929. The van der Waals surface area contributed by atoms with Gasteiger partial charge in [0, 0.05) is 27.7 Å². The van der Waals surface area contributed by atoms with Crippen LogP contribution in [0.5, 0.6) is 0 Å². The smallest absolute Gasteiger partial charge is 0.217 e. The molecule has 8 aliphatic heterocycles. The lowest BCUT2D eigenvalue weighted by Crippen LogP contribution is -2.71. The molecule has 44 nitrogen and oxygen atoms in total. The zero-order valence-corrected chi connectivity index (χ0v) is 54.2. The van der Waals surface area contributed by atoms with Crippen LogP contribution in [-0.2, 0) is 90.2 Å². The largest absolute Gasteiger partial charge is 0.394 e. The van der Waals surface area contributed by atoms with Crippen LogP contribution in [-0.4, -0.2) is 423 Å². The lowest BCUT2D eigenvalue weighted by Gasteiger charge is -2.51. The van der Waals surface area contributed by atoms with E-state index in [-0.39, 0.29) is 0 Å². The van der Waals surface area contributed by atoms with Gasteiger partial charge in [0.15, 0.2) is 50.3 Å². The van der Waals surface area contributed by atoms with Crippen LogP contribution in [0.3, 0.4) is 0 Å². The maximum atomic E-state index is 13.1. The molecule has 0 unspecified atom stereocenters. The maximum absolute atomic E-state index is 13.1. The van der Waals surface area contributed by atoms with Crippen molar-refractivity contribution >= 4 is 23.6 Å². The Bertz CT molecular complexity index is 2620. The molecule has 40 atom stereocenters. The Morgan fingerprint density at radius 2 is 0.620 bits per heavy atom. The summed E-state index contributed by atoms with van der Waals surface area (Å²) < 4.78 is 88.8. The summed E-state index contributed by atoms with van der Waals surface area (Å²) in [5.41, 5.74) is 0. The van der Waals surface area contributed by atoms with Crippen molar-refractivity contribution < 1.29 is 197 Å². The van der Waals surface area contributed by atoms with E-state index in [1.165, 1.54) is 6.92 Å². The number of carbonyl (C=O) groups is 4. The molecule has 100 heavy (non-hydrogen) atoms. The second-order valence-corrected chi connectivity index (χ2v) is 25.4. The topological polar surface area (TPSA) is 680 Å². The number of nitrogens with one attached hydrogen (secondary N) is 4. The number of hydrogen-bond acceptors (Lipinski definition) is 40. The van der Waals surface area contributed by atoms with Crippen LogP contribution in [0.2, 0.25) is 0 Å². The third kappa shape index (κ3) is 18.3. The highest BCUT2D eigenvalue weighted by Crippen LogP contribution is 2.38. The van der Waals surface area contributed by atoms with Crippen molar-refractivity contribution in [2.24, 2.45) is 0 Å². The number of ether oxygens (including phenoxy) is 15. The molecule has 44 heteroatoms. The molecule has 4 amide bonds. The molecule has 0 saturated carbocycles. The summed E-state index contributed by atoms with van der Waals surface area (Å²) in [6.07, 6.45) is -71.6. The highest BCUT2D eigenvalue weighted by molar-refractivity contribution is 5.74. The van der Waals surface area contributed by atoms with Gasteiger partial charge in [-0.2, -0.15) is 0 Å². The SMILES string of the molecule is CC(=O)N[C@@H]1[C@@H](O[C@H]2[C@H](O[C@@H]3[C@H](O)[C@H](O[C@@H]4[C@@H](O)[C@H](NC(C)=O)[C@@H](O[C@H]5[C@H](O)[C@@H](NC(C)=O)[C@H](O)O[C@@H]5CO[C@@H]5O[C@@H](C)[C@@H](O)[C@@H](O)[C@@H]5O)O[C@H]4CO)O[C@H](CO[C@H]4O[C@H](CO)[C@@H](O)[C@H](O)[C@@H]4O[C@@H]4O[C@H](CO)[C@@H](O)[C@H](O)[C@H]4NC(C)=O)[C@H]3O)O[C@@H](CO)[C@H](O)[C@H]2O)O[C@@H](CO)[C@H](O)[C@H]1O. The fourth-order valence-electron chi connectivity index (χ4n) is 12.8. The first-order chi connectivity index (χ1) is 47.2. The van der Waals surface area contributed by atoms with Gasteiger partial charge in [-0.15, -0.1) is 0 Å². The highest BCUT2D eigenvalue weighted by Gasteiger charge is 2.60. The predicted molar refractivity (Wildman–Crippen MR) is 309 cm³/mol. The second kappa shape index (κ2) is 35.7. The minimum Gasteiger partial charge on any atom is -0.394 e. The summed E-state index contributed by atoms with van der Waals surface area (Å²) in [5, 5.41) is 242. The average molecular weight is 1460 g/mol. The van der Waals surface area contributed by atoms with Crippen LogP contribution in [0.4, 0.5) is 0 Å². The minimum atomic E-state index is -2.50. The van der Waals surface area contributed by atoms with Crippen molar-refractivity contribution in [3.8, 4) is 0 Å². The van der Waals surface area contributed by atoms with Crippen LogP contribution < -0.4 is 21.3 Å². The molecule has 0 aromatic carbocycles. The molecule has 25 N–H and O–H groups in total. The molecule has 0 aliphatic carbocycles. The van der Waals surface area contributed by atoms with Crippen LogP contribution in [0, 0.1) is 0 Å². The van der Waals surface area contributed by atoms with Gasteiger partial charge in [-0.05, 0) is 6.92 Å². The molecule has 0 spiro atoms. The van der Waals surface area contributed by atoms with E-state index in [4.69, 9.17) is 71.1 Å².